The molecule has 182 valence electrons. The largest absolute Gasteiger partial charge is 0.396 e. The summed E-state index contributed by atoms with van der Waals surface area (Å²) >= 11 is 0. The third-order valence-electron chi connectivity index (χ3n) is 13.7. The molecular formula is C30H51NO. The highest BCUT2D eigenvalue weighted by atomic mass is 16.3. The SMILES string of the molecule is C=C(C)[C@@H]1CC[C@]2(CO)CC[C@]3(C)C(CC[C@@H]4[C@@]5(C)CC[C@H](N)C(C)(C)[C@@H]5CC[C@]43C)[C@@H]12. The lowest BCUT2D eigenvalue weighted by Crippen LogP contribution is -2.67. The van der Waals surface area contributed by atoms with E-state index in [1.165, 1.54) is 69.8 Å². The van der Waals surface area contributed by atoms with E-state index < -0.39 is 0 Å². The molecule has 0 bridgehead atoms. The Morgan fingerprint density at radius 3 is 2.22 bits per heavy atom. The van der Waals surface area contributed by atoms with E-state index in [4.69, 9.17) is 5.73 Å². The summed E-state index contributed by atoms with van der Waals surface area (Å²) in [4.78, 5) is 0. The standard InChI is InChI=1S/C30H51NO/c1-19(2)20-10-15-30(18-32)17-16-28(6)21(25(20)30)8-9-23-27(5)13-12-24(31)26(3,4)22(27)11-14-29(23,28)7/h20-25,32H,1,8-18,31H2,2-7H3/t20-,21?,22-,23+,24-,25+,27-,28+,29+,30+/m0/s1. The number of aliphatic hydroxyl groups excluding tert-OH is 1. The molecule has 0 amide bonds. The van der Waals surface area contributed by atoms with Crippen LogP contribution in [0.4, 0.5) is 0 Å². The second-order valence-corrected chi connectivity index (χ2v) is 14.7. The van der Waals surface area contributed by atoms with E-state index in [2.05, 4.69) is 48.1 Å². The van der Waals surface area contributed by atoms with Crippen LogP contribution < -0.4 is 5.73 Å². The number of hydrogen-bond donors (Lipinski definition) is 2. The summed E-state index contributed by atoms with van der Waals surface area (Å²) in [6.07, 6.45) is 13.0. The van der Waals surface area contributed by atoms with Gasteiger partial charge in [0.1, 0.15) is 0 Å². The van der Waals surface area contributed by atoms with Gasteiger partial charge in [-0.1, -0.05) is 46.8 Å². The van der Waals surface area contributed by atoms with Crippen molar-refractivity contribution in [3.63, 3.8) is 0 Å². The fourth-order valence-electron chi connectivity index (χ4n) is 11.6. The average molecular weight is 442 g/mol. The zero-order valence-electron chi connectivity index (χ0n) is 22.0. The maximum Gasteiger partial charge on any atom is 0.0490 e. The van der Waals surface area contributed by atoms with Gasteiger partial charge >= 0.3 is 0 Å². The minimum atomic E-state index is 0.164. The molecule has 0 saturated heterocycles. The molecule has 5 aliphatic carbocycles. The second kappa shape index (κ2) is 7.09. The van der Waals surface area contributed by atoms with Gasteiger partial charge in [-0.15, -0.1) is 0 Å². The Morgan fingerprint density at radius 1 is 0.844 bits per heavy atom. The van der Waals surface area contributed by atoms with Crippen LogP contribution in [0.15, 0.2) is 12.2 Å². The summed E-state index contributed by atoms with van der Waals surface area (Å²) in [6.45, 7) is 20.1. The normalized spacial score (nSPS) is 56.5. The van der Waals surface area contributed by atoms with Gasteiger partial charge in [0.05, 0.1) is 0 Å². The second-order valence-electron chi connectivity index (χ2n) is 14.7. The number of hydrogen-bond acceptors (Lipinski definition) is 2. The molecule has 5 fully saturated rings. The van der Waals surface area contributed by atoms with Crippen molar-refractivity contribution < 1.29 is 5.11 Å². The highest BCUT2D eigenvalue weighted by Gasteiger charge is 2.70. The minimum Gasteiger partial charge on any atom is -0.396 e. The van der Waals surface area contributed by atoms with Gasteiger partial charge in [-0.25, -0.2) is 0 Å². The molecular weight excluding hydrogens is 390 g/mol. The first-order valence-electron chi connectivity index (χ1n) is 13.9. The first-order chi connectivity index (χ1) is 14.9. The first-order valence-corrected chi connectivity index (χ1v) is 13.9. The van der Waals surface area contributed by atoms with Gasteiger partial charge in [0, 0.05) is 12.6 Å². The van der Waals surface area contributed by atoms with E-state index >= 15 is 0 Å². The molecule has 32 heavy (non-hydrogen) atoms. The van der Waals surface area contributed by atoms with Crippen LogP contribution in [-0.4, -0.2) is 17.8 Å². The molecule has 2 nitrogen and oxygen atoms in total. The van der Waals surface area contributed by atoms with Crippen LogP contribution >= 0.6 is 0 Å². The Balaban J connectivity index is 1.55. The Labute approximate surface area is 198 Å². The van der Waals surface area contributed by atoms with Crippen molar-refractivity contribution in [2.24, 2.45) is 62.4 Å². The summed E-state index contributed by atoms with van der Waals surface area (Å²) in [5.74, 6) is 3.57. The Morgan fingerprint density at radius 2 is 1.56 bits per heavy atom. The van der Waals surface area contributed by atoms with E-state index in [0.717, 1.165) is 17.8 Å². The van der Waals surface area contributed by atoms with Crippen LogP contribution in [0.2, 0.25) is 0 Å². The van der Waals surface area contributed by atoms with Crippen molar-refractivity contribution in [2.45, 2.75) is 112 Å². The van der Waals surface area contributed by atoms with Crippen molar-refractivity contribution in [3.8, 4) is 0 Å². The molecule has 0 aromatic rings. The smallest absolute Gasteiger partial charge is 0.0490 e. The number of fused-ring (bicyclic) bond motifs is 7. The van der Waals surface area contributed by atoms with E-state index in [9.17, 15) is 5.11 Å². The lowest BCUT2D eigenvalue weighted by atomic mass is 9.32. The molecule has 10 atom stereocenters. The molecule has 0 aliphatic heterocycles. The molecule has 0 aromatic heterocycles. The Hall–Kier alpha value is -0.340. The van der Waals surface area contributed by atoms with Crippen LogP contribution in [-0.2, 0) is 0 Å². The van der Waals surface area contributed by atoms with Crippen molar-refractivity contribution in [1.82, 2.24) is 0 Å². The van der Waals surface area contributed by atoms with Gasteiger partial charge in [0.15, 0.2) is 0 Å². The van der Waals surface area contributed by atoms with Gasteiger partial charge in [0.25, 0.3) is 0 Å². The highest BCUT2D eigenvalue weighted by molar-refractivity contribution is 5.21. The molecule has 5 rings (SSSR count). The van der Waals surface area contributed by atoms with Crippen LogP contribution in [0.5, 0.6) is 0 Å². The zero-order valence-corrected chi connectivity index (χ0v) is 22.0. The maximum absolute atomic E-state index is 10.7. The van der Waals surface area contributed by atoms with Crippen molar-refractivity contribution in [1.29, 1.82) is 0 Å². The molecule has 1 unspecified atom stereocenters. The van der Waals surface area contributed by atoms with E-state index in [0.29, 0.717) is 40.7 Å². The third-order valence-corrected chi connectivity index (χ3v) is 13.7. The maximum atomic E-state index is 10.7. The average Bonchev–Trinajstić information content (AvgIpc) is 3.12. The molecule has 5 saturated carbocycles. The summed E-state index contributed by atoms with van der Waals surface area (Å²) in [6, 6.07) is 0.353. The third kappa shape index (κ3) is 2.66. The molecule has 3 N–H and O–H groups in total. The van der Waals surface area contributed by atoms with Crippen molar-refractivity contribution >= 4 is 0 Å². The summed E-state index contributed by atoms with van der Waals surface area (Å²) in [5, 5.41) is 10.7. The molecule has 0 radical (unpaired) electrons. The molecule has 2 heteroatoms. The van der Waals surface area contributed by atoms with Crippen molar-refractivity contribution in [2.75, 3.05) is 6.61 Å². The van der Waals surface area contributed by atoms with Crippen LogP contribution in [0, 0.1) is 56.7 Å². The molecule has 5 aliphatic rings. The highest BCUT2D eigenvalue weighted by Crippen LogP contribution is 2.77. The number of rotatable bonds is 2. The molecule has 0 spiro atoms. The van der Waals surface area contributed by atoms with Crippen LogP contribution in [0.25, 0.3) is 0 Å². The van der Waals surface area contributed by atoms with E-state index in [1.807, 2.05) is 0 Å². The molecule has 0 heterocycles. The fraction of sp³-hybridized carbons (Fsp3) is 0.933. The predicted octanol–water partition coefficient (Wildman–Crippen LogP) is 6.96. The summed E-state index contributed by atoms with van der Waals surface area (Å²) in [5.41, 5.74) is 9.72. The lowest BCUT2D eigenvalue weighted by molar-refractivity contribution is -0.240. The van der Waals surface area contributed by atoms with E-state index in [1.54, 1.807) is 0 Å². The Bertz CT molecular complexity index is 788. The van der Waals surface area contributed by atoms with Gasteiger partial charge in [-0.3, -0.25) is 0 Å². The Kier molecular flexibility index (Phi) is 5.19. The summed E-state index contributed by atoms with van der Waals surface area (Å²) < 4.78 is 0. The molecule has 0 aromatic carbocycles. The van der Waals surface area contributed by atoms with E-state index in [-0.39, 0.29) is 10.8 Å². The first kappa shape index (κ1) is 23.4. The van der Waals surface area contributed by atoms with Crippen LogP contribution in [0.1, 0.15) is 106 Å². The monoisotopic (exact) mass is 441 g/mol. The topological polar surface area (TPSA) is 46.2 Å². The van der Waals surface area contributed by atoms with Gasteiger partial charge in [-0.05, 0) is 128 Å². The van der Waals surface area contributed by atoms with Gasteiger partial charge in [-0.2, -0.15) is 0 Å². The van der Waals surface area contributed by atoms with Gasteiger partial charge in [0.2, 0.25) is 0 Å². The quantitative estimate of drug-likeness (QED) is 0.455. The summed E-state index contributed by atoms with van der Waals surface area (Å²) in [7, 11) is 0. The number of allylic oxidation sites excluding steroid dienone is 1. The minimum absolute atomic E-state index is 0.164. The fourth-order valence-corrected chi connectivity index (χ4v) is 11.6. The number of nitrogens with two attached hydrogens (primary N) is 1. The zero-order chi connectivity index (χ0) is 23.3. The van der Waals surface area contributed by atoms with Crippen molar-refractivity contribution in [3.05, 3.63) is 12.2 Å². The lowest BCUT2D eigenvalue weighted by Gasteiger charge is -2.73. The van der Waals surface area contributed by atoms with Crippen LogP contribution in [0.3, 0.4) is 0 Å². The predicted molar refractivity (Wildman–Crippen MR) is 134 cm³/mol. The number of aliphatic hydroxyl groups is 1. The van der Waals surface area contributed by atoms with Gasteiger partial charge < -0.3 is 10.8 Å².